The first-order valence-electron chi connectivity index (χ1n) is 6.08. The van der Waals surface area contributed by atoms with Crippen molar-refractivity contribution in [2.45, 2.75) is 19.1 Å². The third-order valence-electron chi connectivity index (χ3n) is 3.39. The van der Waals surface area contributed by atoms with Crippen molar-refractivity contribution in [1.29, 1.82) is 0 Å². The van der Waals surface area contributed by atoms with Crippen molar-refractivity contribution in [3.63, 3.8) is 0 Å². The first kappa shape index (κ1) is 15.3. The minimum Gasteiger partial charge on any atom is -0.481 e. The standard InChI is InChI=1S/C13H13BrF3NO2/c14-11-2-1-10(13(15,16)17)5-9(11)7-18-4-3-8(6-18)12(19)20/h1-2,5,8H,3-4,6-7H2,(H,19,20). The van der Waals surface area contributed by atoms with Crippen LogP contribution < -0.4 is 0 Å². The highest BCUT2D eigenvalue weighted by Gasteiger charge is 2.32. The van der Waals surface area contributed by atoms with E-state index < -0.39 is 23.6 Å². The molecule has 1 unspecified atom stereocenters. The molecule has 0 bridgehead atoms. The highest BCUT2D eigenvalue weighted by atomic mass is 79.9. The molecule has 1 atom stereocenters. The number of likely N-dealkylation sites (tertiary alicyclic amines) is 1. The lowest BCUT2D eigenvalue weighted by Gasteiger charge is -2.17. The molecule has 0 aromatic heterocycles. The molecule has 0 radical (unpaired) electrons. The molecule has 1 aliphatic rings. The lowest BCUT2D eigenvalue weighted by Crippen LogP contribution is -2.23. The van der Waals surface area contributed by atoms with Crippen LogP contribution in [0.25, 0.3) is 0 Å². The van der Waals surface area contributed by atoms with E-state index in [1.54, 1.807) is 0 Å². The summed E-state index contributed by atoms with van der Waals surface area (Å²) in [6.07, 6.45) is -3.84. The fourth-order valence-corrected chi connectivity index (χ4v) is 2.66. The van der Waals surface area contributed by atoms with Crippen molar-refractivity contribution in [1.82, 2.24) is 4.90 Å². The number of hydrogen-bond acceptors (Lipinski definition) is 2. The van der Waals surface area contributed by atoms with Gasteiger partial charge in [-0.15, -0.1) is 0 Å². The van der Waals surface area contributed by atoms with Crippen LogP contribution in [-0.4, -0.2) is 29.1 Å². The Bertz CT molecular complexity index is 519. The highest BCUT2D eigenvalue weighted by molar-refractivity contribution is 9.10. The smallest absolute Gasteiger partial charge is 0.416 e. The molecule has 1 aromatic rings. The number of benzene rings is 1. The molecule has 110 valence electrons. The Morgan fingerprint density at radius 2 is 2.15 bits per heavy atom. The molecule has 1 aliphatic heterocycles. The van der Waals surface area contributed by atoms with Crippen LogP contribution in [0.1, 0.15) is 17.5 Å². The van der Waals surface area contributed by atoms with Crippen LogP contribution in [-0.2, 0) is 17.5 Å². The van der Waals surface area contributed by atoms with Crippen LogP contribution in [0.3, 0.4) is 0 Å². The van der Waals surface area contributed by atoms with Crippen LogP contribution >= 0.6 is 15.9 Å². The summed E-state index contributed by atoms with van der Waals surface area (Å²) in [7, 11) is 0. The molecule has 20 heavy (non-hydrogen) atoms. The predicted octanol–water partition coefficient (Wildman–Crippen LogP) is 3.37. The monoisotopic (exact) mass is 351 g/mol. The average molecular weight is 352 g/mol. The highest BCUT2D eigenvalue weighted by Crippen LogP contribution is 2.32. The van der Waals surface area contributed by atoms with Crippen molar-refractivity contribution in [2.75, 3.05) is 13.1 Å². The van der Waals surface area contributed by atoms with E-state index in [4.69, 9.17) is 5.11 Å². The van der Waals surface area contributed by atoms with Gasteiger partial charge in [0.05, 0.1) is 11.5 Å². The molecule has 1 aromatic carbocycles. The van der Waals surface area contributed by atoms with E-state index in [0.717, 1.165) is 12.1 Å². The van der Waals surface area contributed by atoms with E-state index in [-0.39, 0.29) is 0 Å². The Kier molecular flexibility index (Phi) is 4.39. The molecule has 2 rings (SSSR count). The molecule has 3 nitrogen and oxygen atoms in total. The van der Waals surface area contributed by atoms with E-state index in [1.807, 2.05) is 4.90 Å². The van der Waals surface area contributed by atoms with Crippen LogP contribution in [0.2, 0.25) is 0 Å². The number of halogens is 4. The third-order valence-corrected chi connectivity index (χ3v) is 4.16. The van der Waals surface area contributed by atoms with E-state index >= 15 is 0 Å². The summed E-state index contributed by atoms with van der Waals surface area (Å²) in [5.74, 6) is -1.28. The number of carbonyl (C=O) groups is 1. The summed E-state index contributed by atoms with van der Waals surface area (Å²) in [4.78, 5) is 12.7. The molecule has 0 amide bonds. The number of carboxylic acids is 1. The van der Waals surface area contributed by atoms with Gasteiger partial charge >= 0.3 is 12.1 Å². The average Bonchev–Trinajstić information content (AvgIpc) is 2.79. The van der Waals surface area contributed by atoms with Gasteiger partial charge in [-0.1, -0.05) is 15.9 Å². The Morgan fingerprint density at radius 3 is 2.70 bits per heavy atom. The summed E-state index contributed by atoms with van der Waals surface area (Å²) >= 11 is 3.24. The fraction of sp³-hybridized carbons (Fsp3) is 0.462. The fourth-order valence-electron chi connectivity index (χ4n) is 2.29. The van der Waals surface area contributed by atoms with E-state index in [1.165, 1.54) is 6.07 Å². The molecular weight excluding hydrogens is 339 g/mol. The van der Waals surface area contributed by atoms with Gasteiger partial charge in [0.25, 0.3) is 0 Å². The van der Waals surface area contributed by atoms with Gasteiger partial charge < -0.3 is 5.11 Å². The summed E-state index contributed by atoms with van der Waals surface area (Å²) < 4.78 is 38.6. The SMILES string of the molecule is O=C(O)C1CCN(Cc2cc(C(F)(F)F)ccc2Br)C1. The lowest BCUT2D eigenvalue weighted by molar-refractivity contribution is -0.141. The number of carboxylic acid groups (broad SMARTS) is 1. The zero-order valence-corrected chi connectivity index (χ0v) is 12.0. The molecule has 0 aliphatic carbocycles. The van der Waals surface area contributed by atoms with Gasteiger partial charge in [0.1, 0.15) is 0 Å². The van der Waals surface area contributed by atoms with Crippen molar-refractivity contribution in [2.24, 2.45) is 5.92 Å². The first-order chi connectivity index (χ1) is 9.27. The van der Waals surface area contributed by atoms with Gasteiger partial charge in [0, 0.05) is 17.6 Å². The zero-order valence-electron chi connectivity index (χ0n) is 10.5. The van der Waals surface area contributed by atoms with E-state index in [0.29, 0.717) is 36.1 Å². The Hall–Kier alpha value is -1.08. The van der Waals surface area contributed by atoms with Gasteiger partial charge in [0.2, 0.25) is 0 Å². The summed E-state index contributed by atoms with van der Waals surface area (Å²) in [5, 5.41) is 8.92. The van der Waals surface area contributed by atoms with Gasteiger partial charge in [-0.05, 0) is 36.7 Å². The molecule has 1 fully saturated rings. The maximum atomic E-state index is 12.7. The summed E-state index contributed by atoms with van der Waals surface area (Å²) in [6.45, 7) is 1.27. The largest absolute Gasteiger partial charge is 0.481 e. The Morgan fingerprint density at radius 1 is 1.45 bits per heavy atom. The number of alkyl halides is 3. The zero-order chi connectivity index (χ0) is 14.9. The number of hydrogen-bond donors (Lipinski definition) is 1. The molecule has 7 heteroatoms. The normalized spacial score (nSPS) is 20.3. The Balaban J connectivity index is 2.12. The number of nitrogens with zero attached hydrogens (tertiary/aromatic N) is 1. The van der Waals surface area contributed by atoms with E-state index in [9.17, 15) is 18.0 Å². The maximum absolute atomic E-state index is 12.7. The van der Waals surface area contributed by atoms with Crippen molar-refractivity contribution in [3.8, 4) is 0 Å². The second-order valence-electron chi connectivity index (χ2n) is 4.86. The molecule has 0 spiro atoms. The maximum Gasteiger partial charge on any atom is 0.416 e. The molecule has 1 N–H and O–H groups in total. The summed E-state index contributed by atoms with van der Waals surface area (Å²) in [5.41, 5.74) is -0.171. The van der Waals surface area contributed by atoms with Gasteiger partial charge in [-0.2, -0.15) is 13.2 Å². The van der Waals surface area contributed by atoms with Gasteiger partial charge in [-0.3, -0.25) is 9.69 Å². The second kappa shape index (κ2) is 5.73. The number of rotatable bonds is 3. The predicted molar refractivity (Wildman–Crippen MR) is 70.2 cm³/mol. The molecular formula is C13H13BrF3NO2. The van der Waals surface area contributed by atoms with Crippen LogP contribution in [0.5, 0.6) is 0 Å². The molecule has 1 heterocycles. The topological polar surface area (TPSA) is 40.5 Å². The summed E-state index contributed by atoms with van der Waals surface area (Å²) in [6, 6.07) is 3.51. The Labute approximate surface area is 122 Å². The van der Waals surface area contributed by atoms with Crippen LogP contribution in [0, 0.1) is 5.92 Å². The second-order valence-corrected chi connectivity index (χ2v) is 5.72. The number of aliphatic carboxylic acids is 1. The van der Waals surface area contributed by atoms with Crippen molar-refractivity contribution < 1.29 is 23.1 Å². The first-order valence-corrected chi connectivity index (χ1v) is 6.87. The van der Waals surface area contributed by atoms with Gasteiger partial charge in [0.15, 0.2) is 0 Å². The third kappa shape index (κ3) is 3.52. The van der Waals surface area contributed by atoms with Crippen molar-refractivity contribution >= 4 is 21.9 Å². The molecule has 1 saturated heterocycles. The quantitative estimate of drug-likeness (QED) is 0.907. The van der Waals surface area contributed by atoms with Crippen molar-refractivity contribution in [3.05, 3.63) is 33.8 Å². The van der Waals surface area contributed by atoms with Crippen LogP contribution in [0.4, 0.5) is 13.2 Å². The molecule has 0 saturated carbocycles. The minimum atomic E-state index is -4.37. The van der Waals surface area contributed by atoms with E-state index in [2.05, 4.69) is 15.9 Å². The van der Waals surface area contributed by atoms with Crippen LogP contribution in [0.15, 0.2) is 22.7 Å². The van der Waals surface area contributed by atoms with Gasteiger partial charge in [-0.25, -0.2) is 0 Å². The lowest BCUT2D eigenvalue weighted by atomic mass is 10.1. The minimum absolute atomic E-state index is 0.314.